The molecular weight excluding hydrogens is 603 g/mol. The summed E-state index contributed by atoms with van der Waals surface area (Å²) in [5.41, 5.74) is 0.743. The molecule has 3 aliphatic rings. The molecular formula is C33H36F3N5O5. The highest BCUT2D eigenvalue weighted by Gasteiger charge is 2.46. The first-order valence-electron chi connectivity index (χ1n) is 15.5. The molecule has 46 heavy (non-hydrogen) atoms. The molecule has 0 radical (unpaired) electrons. The number of carbonyl (C=O) groups excluding carboxylic acids is 2. The number of carbonyl (C=O) groups is 2. The zero-order valence-corrected chi connectivity index (χ0v) is 25.7. The number of aromatic nitrogens is 2. The summed E-state index contributed by atoms with van der Waals surface area (Å²) in [6, 6.07) is 8.09. The molecule has 1 atom stereocenters. The van der Waals surface area contributed by atoms with Crippen LogP contribution in [0.1, 0.15) is 71.9 Å². The van der Waals surface area contributed by atoms with E-state index in [1.165, 1.54) is 18.2 Å². The van der Waals surface area contributed by atoms with Gasteiger partial charge in [0.25, 0.3) is 23.3 Å². The van der Waals surface area contributed by atoms with Crippen LogP contribution >= 0.6 is 0 Å². The largest absolute Gasteiger partial charge is 0.475 e. The van der Waals surface area contributed by atoms with Crippen LogP contribution in [0.15, 0.2) is 47.4 Å². The van der Waals surface area contributed by atoms with E-state index in [-0.39, 0.29) is 46.6 Å². The summed E-state index contributed by atoms with van der Waals surface area (Å²) >= 11 is 0. The number of hydrogen-bond donors (Lipinski definition) is 2. The highest BCUT2D eigenvalue weighted by molar-refractivity contribution is 6.05. The summed E-state index contributed by atoms with van der Waals surface area (Å²) < 4.78 is 54.5. The van der Waals surface area contributed by atoms with Crippen LogP contribution in [0, 0.1) is 5.82 Å². The minimum atomic E-state index is -2.99. The first-order valence-corrected chi connectivity index (χ1v) is 15.5. The lowest BCUT2D eigenvalue weighted by atomic mass is 9.97. The first-order chi connectivity index (χ1) is 22.0. The lowest BCUT2D eigenvalue weighted by Crippen LogP contribution is -2.58. The van der Waals surface area contributed by atoms with Crippen molar-refractivity contribution in [3.63, 3.8) is 0 Å². The van der Waals surface area contributed by atoms with E-state index >= 15 is 0 Å². The van der Waals surface area contributed by atoms with Crippen molar-refractivity contribution < 1.29 is 32.2 Å². The van der Waals surface area contributed by atoms with Gasteiger partial charge in [-0.25, -0.2) is 13.2 Å². The molecule has 2 aromatic heterocycles. The van der Waals surface area contributed by atoms with Crippen molar-refractivity contribution >= 4 is 17.6 Å². The van der Waals surface area contributed by atoms with Crippen molar-refractivity contribution in [1.29, 1.82) is 0 Å². The molecule has 2 saturated heterocycles. The second-order valence-electron chi connectivity index (χ2n) is 12.4. The molecule has 3 aromatic rings. The van der Waals surface area contributed by atoms with Gasteiger partial charge in [0.15, 0.2) is 0 Å². The molecule has 2 amide bonds. The molecule has 1 saturated carbocycles. The van der Waals surface area contributed by atoms with Gasteiger partial charge in [0.1, 0.15) is 17.2 Å². The van der Waals surface area contributed by atoms with Crippen LogP contribution in [-0.4, -0.2) is 70.6 Å². The Kier molecular flexibility index (Phi) is 8.88. The fraction of sp³-hybridized carbons (Fsp3) is 0.455. The second-order valence-corrected chi connectivity index (χ2v) is 12.4. The first kappa shape index (κ1) is 31.7. The van der Waals surface area contributed by atoms with Crippen molar-refractivity contribution in [2.75, 3.05) is 31.6 Å². The normalized spacial score (nSPS) is 18.8. The van der Waals surface area contributed by atoms with Crippen molar-refractivity contribution in [3.05, 3.63) is 75.5 Å². The van der Waals surface area contributed by atoms with Gasteiger partial charge in [0.2, 0.25) is 5.88 Å². The highest BCUT2D eigenvalue weighted by atomic mass is 19.3. The van der Waals surface area contributed by atoms with E-state index in [2.05, 4.69) is 15.6 Å². The summed E-state index contributed by atoms with van der Waals surface area (Å²) in [6.07, 6.45) is 5.32. The number of ether oxygens (including phenoxy) is 2. The Bertz CT molecular complexity index is 1690. The van der Waals surface area contributed by atoms with Crippen LogP contribution in [0.2, 0.25) is 0 Å². The number of rotatable bonds is 11. The lowest BCUT2D eigenvalue weighted by molar-refractivity contribution is -0.113. The van der Waals surface area contributed by atoms with Crippen molar-refractivity contribution in [1.82, 2.24) is 19.8 Å². The van der Waals surface area contributed by atoms with E-state index < -0.39 is 42.2 Å². The Balaban J connectivity index is 1.30. The van der Waals surface area contributed by atoms with Crippen molar-refractivity contribution in [2.24, 2.45) is 0 Å². The predicted octanol–water partition coefficient (Wildman–Crippen LogP) is 4.78. The van der Waals surface area contributed by atoms with Crippen LogP contribution in [0.4, 0.5) is 19.0 Å². The predicted molar refractivity (Wildman–Crippen MR) is 164 cm³/mol. The Morgan fingerprint density at radius 3 is 2.57 bits per heavy atom. The summed E-state index contributed by atoms with van der Waals surface area (Å²) in [6.45, 7) is 3.89. The monoisotopic (exact) mass is 639 g/mol. The SMILES string of the molecule is CC(C)Oc1cc(-c2ccc(F)cc2C(=O)N2CC(F)(F)C2)cc(NC(=O)c2cc(CNC[C@@H]3CCCO3)cn(C3CC3)c2=O)n1. The summed E-state index contributed by atoms with van der Waals surface area (Å²) in [5.74, 6) is -5.01. The summed E-state index contributed by atoms with van der Waals surface area (Å²) in [5, 5.41) is 6.06. The molecule has 1 aliphatic carbocycles. The number of benzene rings is 1. The van der Waals surface area contributed by atoms with Crippen molar-refractivity contribution in [3.8, 4) is 17.0 Å². The number of nitrogens with one attached hydrogen (secondary N) is 2. The Morgan fingerprint density at radius 2 is 1.89 bits per heavy atom. The van der Waals surface area contributed by atoms with Gasteiger partial charge in [-0.2, -0.15) is 4.98 Å². The lowest BCUT2D eigenvalue weighted by Gasteiger charge is -2.39. The van der Waals surface area contributed by atoms with Gasteiger partial charge < -0.3 is 29.6 Å². The third-order valence-electron chi connectivity index (χ3n) is 8.06. The van der Waals surface area contributed by atoms with Crippen LogP contribution in [-0.2, 0) is 11.3 Å². The summed E-state index contributed by atoms with van der Waals surface area (Å²) in [7, 11) is 0. The minimum Gasteiger partial charge on any atom is -0.475 e. The number of hydrogen-bond acceptors (Lipinski definition) is 7. The minimum absolute atomic E-state index is 0.0237. The van der Waals surface area contributed by atoms with Gasteiger partial charge in [0.05, 0.1) is 30.9 Å². The molecule has 244 valence electrons. The molecule has 6 rings (SSSR count). The number of amides is 2. The standard InChI is InChI=1S/C33H36F3N5O5/c1-19(2)46-29-12-21(25-8-5-22(34)13-26(25)31(43)40-17-33(35,36)18-40)11-28(38-29)39-30(42)27-10-20(14-37-15-24-4-3-9-45-24)16-41(32(27)44)23-6-7-23/h5,8,10-13,16,19,23-24,37H,3-4,6-7,9,14-15,17-18H2,1-2H3,(H,38,39,42)/t24-/m0/s1. The number of halogens is 3. The van der Waals surface area contributed by atoms with Crippen LogP contribution < -0.4 is 20.9 Å². The van der Waals surface area contributed by atoms with Gasteiger partial charge in [-0.05, 0) is 80.5 Å². The van der Waals surface area contributed by atoms with Gasteiger partial charge in [-0.15, -0.1) is 0 Å². The second kappa shape index (κ2) is 12.9. The maximum atomic E-state index is 14.3. The Morgan fingerprint density at radius 1 is 1.11 bits per heavy atom. The highest BCUT2D eigenvalue weighted by Crippen LogP contribution is 2.35. The van der Waals surface area contributed by atoms with E-state index in [0.29, 0.717) is 18.7 Å². The molecule has 2 N–H and O–H groups in total. The van der Waals surface area contributed by atoms with E-state index in [9.17, 15) is 27.6 Å². The zero-order valence-electron chi connectivity index (χ0n) is 25.7. The smallest absolute Gasteiger partial charge is 0.282 e. The number of likely N-dealkylation sites (tertiary alicyclic amines) is 1. The Hall–Kier alpha value is -4.23. The van der Waals surface area contributed by atoms with Crippen LogP contribution in [0.5, 0.6) is 5.88 Å². The molecule has 1 aromatic carbocycles. The van der Waals surface area contributed by atoms with E-state index in [1.54, 1.807) is 30.7 Å². The average Bonchev–Trinajstić information content (AvgIpc) is 3.70. The van der Waals surface area contributed by atoms with Gasteiger partial charge in [-0.3, -0.25) is 14.4 Å². The molecule has 10 nitrogen and oxygen atoms in total. The van der Waals surface area contributed by atoms with Crippen molar-refractivity contribution in [2.45, 2.75) is 70.2 Å². The molecule has 0 unspecified atom stereocenters. The molecule has 3 fully saturated rings. The maximum Gasteiger partial charge on any atom is 0.282 e. The van der Waals surface area contributed by atoms with Gasteiger partial charge >= 0.3 is 0 Å². The quantitative estimate of drug-likeness (QED) is 0.310. The molecule has 2 aliphatic heterocycles. The topological polar surface area (TPSA) is 115 Å². The number of anilines is 1. The van der Waals surface area contributed by atoms with Crippen LogP contribution in [0.25, 0.3) is 11.1 Å². The molecule has 13 heteroatoms. The fourth-order valence-electron chi connectivity index (χ4n) is 5.71. The average molecular weight is 640 g/mol. The molecule has 0 bridgehead atoms. The van der Waals surface area contributed by atoms with E-state index in [0.717, 1.165) is 54.9 Å². The zero-order chi connectivity index (χ0) is 32.6. The fourth-order valence-corrected chi connectivity index (χ4v) is 5.71. The maximum absolute atomic E-state index is 14.3. The van der Waals surface area contributed by atoms with E-state index in [4.69, 9.17) is 9.47 Å². The van der Waals surface area contributed by atoms with E-state index in [1.807, 2.05) is 0 Å². The number of pyridine rings is 2. The summed E-state index contributed by atoms with van der Waals surface area (Å²) in [4.78, 5) is 45.5. The number of nitrogens with zero attached hydrogens (tertiary/aromatic N) is 3. The Labute approximate surface area is 263 Å². The number of alkyl halides is 2. The van der Waals surface area contributed by atoms with Gasteiger partial charge in [-0.1, -0.05) is 6.07 Å². The third-order valence-corrected chi connectivity index (χ3v) is 8.06. The van der Waals surface area contributed by atoms with Gasteiger partial charge in [0, 0.05) is 38.0 Å². The molecule has 0 spiro atoms. The third kappa shape index (κ3) is 7.26. The molecule has 4 heterocycles. The van der Waals surface area contributed by atoms with Crippen LogP contribution in [0.3, 0.4) is 0 Å².